The summed E-state index contributed by atoms with van der Waals surface area (Å²) in [6, 6.07) is 2.87. The van der Waals surface area contributed by atoms with Crippen LogP contribution < -0.4 is 21.7 Å². The van der Waals surface area contributed by atoms with E-state index in [9.17, 15) is 28.8 Å². The van der Waals surface area contributed by atoms with Gasteiger partial charge in [0.15, 0.2) is 5.82 Å². The third-order valence-electron chi connectivity index (χ3n) is 6.50. The van der Waals surface area contributed by atoms with Crippen molar-refractivity contribution in [3.05, 3.63) is 60.0 Å². The molecule has 21 nitrogen and oxygen atoms in total. The summed E-state index contributed by atoms with van der Waals surface area (Å²) in [6.07, 6.45) is 4.90. The summed E-state index contributed by atoms with van der Waals surface area (Å²) in [5, 5.41) is 16.5. The van der Waals surface area contributed by atoms with Gasteiger partial charge in [-0.2, -0.15) is 0 Å². The monoisotopic (exact) mass is 772 g/mol. The van der Waals surface area contributed by atoms with E-state index in [0.29, 0.717) is 17.2 Å². The van der Waals surface area contributed by atoms with Gasteiger partial charge in [-0.3, -0.25) is 15.4 Å². The summed E-state index contributed by atoms with van der Waals surface area (Å²) in [5.74, 6) is -1.81. The van der Waals surface area contributed by atoms with E-state index in [2.05, 4.69) is 35.4 Å². The van der Waals surface area contributed by atoms with Crippen molar-refractivity contribution < 1.29 is 52.8 Å². The van der Waals surface area contributed by atoms with E-state index in [1.54, 1.807) is 86.7 Å². The van der Waals surface area contributed by atoms with E-state index >= 15 is 0 Å². The van der Waals surface area contributed by atoms with Gasteiger partial charge in [0.25, 0.3) is 5.91 Å². The maximum absolute atomic E-state index is 12.5. The van der Waals surface area contributed by atoms with E-state index in [1.807, 2.05) is 0 Å². The highest BCUT2D eigenvalue weighted by Gasteiger charge is 2.21. The van der Waals surface area contributed by atoms with Gasteiger partial charge in [-0.15, -0.1) is 0 Å². The Morgan fingerprint density at radius 2 is 1.05 bits per heavy atom. The lowest BCUT2D eigenvalue weighted by atomic mass is 10.2. The molecule has 0 atom stereocenters. The molecule has 0 aliphatic heterocycles. The second-order valence-corrected chi connectivity index (χ2v) is 13.6. The zero-order valence-electron chi connectivity index (χ0n) is 32.8. The number of aromatic carboxylic acids is 1. The molecule has 0 aromatic carbocycles. The van der Waals surface area contributed by atoms with Gasteiger partial charge in [-0.05, 0) is 53.7 Å². The van der Waals surface area contributed by atoms with Gasteiger partial charge in [0, 0.05) is 53.0 Å². The van der Waals surface area contributed by atoms with Crippen LogP contribution in [0.15, 0.2) is 36.9 Å². The van der Waals surface area contributed by atoms with Crippen molar-refractivity contribution >= 4 is 59.0 Å². The number of ether oxygens (including phenoxy) is 4. The van der Waals surface area contributed by atoms with E-state index in [1.165, 1.54) is 52.4 Å². The number of imidazole rings is 2. The number of nitrogens with two attached hydrogens (primary N) is 1. The Bertz CT molecular complexity index is 2020. The molecule has 0 fully saturated rings. The van der Waals surface area contributed by atoms with Crippen LogP contribution in [0.3, 0.4) is 0 Å². The number of carboxylic acids is 1. The van der Waals surface area contributed by atoms with Crippen LogP contribution in [0.4, 0.5) is 32.6 Å². The second kappa shape index (κ2) is 18.3. The molecule has 3 amide bonds. The molecule has 4 heterocycles. The van der Waals surface area contributed by atoms with Gasteiger partial charge in [0.05, 0.1) is 25.6 Å². The molecule has 0 saturated carbocycles. The van der Waals surface area contributed by atoms with Crippen molar-refractivity contribution in [2.75, 3.05) is 35.9 Å². The first-order valence-corrected chi connectivity index (χ1v) is 16.2. The molecule has 0 bridgehead atoms. The van der Waals surface area contributed by atoms with Crippen molar-refractivity contribution in [2.24, 2.45) is 28.2 Å². The lowest BCUT2D eigenvalue weighted by Gasteiger charge is -2.19. The Morgan fingerprint density at radius 1 is 0.636 bits per heavy atom. The predicted molar refractivity (Wildman–Crippen MR) is 199 cm³/mol. The molecular formula is C34H48N10O11. The van der Waals surface area contributed by atoms with Crippen LogP contribution in [0.25, 0.3) is 0 Å². The van der Waals surface area contributed by atoms with Crippen LogP contribution in [0, 0.1) is 0 Å². The first-order chi connectivity index (χ1) is 25.3. The predicted octanol–water partition coefficient (Wildman–Crippen LogP) is 4.00. The van der Waals surface area contributed by atoms with Crippen molar-refractivity contribution in [3.8, 4) is 0 Å². The lowest BCUT2D eigenvalue weighted by Crippen LogP contribution is -2.27. The minimum absolute atomic E-state index is 0.0620. The molecule has 0 radical (unpaired) electrons. The molecule has 0 unspecified atom stereocenters. The largest absolute Gasteiger partial charge is 0.477 e. The Balaban J connectivity index is 0.000000317. The molecule has 55 heavy (non-hydrogen) atoms. The van der Waals surface area contributed by atoms with Gasteiger partial charge < -0.3 is 53.4 Å². The number of rotatable bonds is 7. The number of methoxy groups -OCH3 is 2. The van der Waals surface area contributed by atoms with Gasteiger partial charge in [0.1, 0.15) is 28.4 Å². The molecule has 4 rings (SSSR count). The fourth-order valence-corrected chi connectivity index (χ4v) is 4.31. The molecule has 21 heteroatoms. The molecule has 0 aliphatic carbocycles. The van der Waals surface area contributed by atoms with Crippen LogP contribution >= 0.6 is 0 Å². The number of anilines is 4. The number of amides is 3. The molecule has 4 aromatic rings. The molecule has 4 aromatic heterocycles. The third kappa shape index (κ3) is 13.9. The Morgan fingerprint density at radius 3 is 1.44 bits per heavy atom. The summed E-state index contributed by atoms with van der Waals surface area (Å²) < 4.78 is 25.2. The number of aryl methyl sites for hydroxylation is 4. The third-order valence-corrected chi connectivity index (χ3v) is 6.50. The summed E-state index contributed by atoms with van der Waals surface area (Å²) in [5.41, 5.74) is 5.29. The zero-order valence-corrected chi connectivity index (χ0v) is 32.8. The molecular weight excluding hydrogens is 724 g/mol. The number of hydrogen-bond acceptors (Lipinski definition) is 13. The average Bonchev–Trinajstić information content (AvgIpc) is 3.79. The summed E-state index contributed by atoms with van der Waals surface area (Å²) in [7, 11) is 9.08. The van der Waals surface area contributed by atoms with E-state index in [4.69, 9.17) is 20.3 Å². The van der Waals surface area contributed by atoms with Crippen molar-refractivity contribution in [1.82, 2.24) is 28.2 Å². The number of carbonyl (C=O) groups is 6. The first kappa shape index (κ1) is 44.4. The molecule has 0 saturated heterocycles. The number of nitrogens with one attached hydrogen (secondary N) is 3. The van der Waals surface area contributed by atoms with Gasteiger partial charge in [-0.25, -0.2) is 33.9 Å². The van der Waals surface area contributed by atoms with Crippen LogP contribution in [-0.2, 0) is 47.1 Å². The van der Waals surface area contributed by atoms with Gasteiger partial charge >= 0.3 is 30.1 Å². The summed E-state index contributed by atoms with van der Waals surface area (Å²) in [4.78, 5) is 76.8. The first-order valence-electron chi connectivity index (χ1n) is 16.2. The number of esters is 2. The van der Waals surface area contributed by atoms with Gasteiger partial charge in [0.2, 0.25) is 11.6 Å². The van der Waals surface area contributed by atoms with Crippen LogP contribution in [0.5, 0.6) is 0 Å². The lowest BCUT2D eigenvalue weighted by molar-refractivity contribution is 0.0574. The van der Waals surface area contributed by atoms with Crippen LogP contribution in [0.1, 0.15) is 83.8 Å². The number of hydrogen-bond donors (Lipinski definition) is 5. The fourth-order valence-electron chi connectivity index (χ4n) is 4.31. The van der Waals surface area contributed by atoms with Gasteiger partial charge in [-0.1, -0.05) is 0 Å². The number of nitrogen functional groups attached to an aromatic ring is 1. The smallest absolute Gasteiger partial charge is 0.412 e. The normalized spacial score (nSPS) is 10.8. The van der Waals surface area contributed by atoms with Crippen molar-refractivity contribution in [3.63, 3.8) is 0 Å². The number of aromatic nitrogens is 6. The Hall–Kier alpha value is -6.80. The molecule has 6 N–H and O–H groups in total. The maximum Gasteiger partial charge on any atom is 0.412 e. The average molecular weight is 773 g/mol. The highest BCUT2D eigenvalue weighted by Crippen LogP contribution is 2.18. The van der Waals surface area contributed by atoms with Crippen molar-refractivity contribution in [2.45, 2.75) is 52.7 Å². The maximum atomic E-state index is 12.5. The second-order valence-electron chi connectivity index (χ2n) is 13.6. The van der Waals surface area contributed by atoms with E-state index < -0.39 is 47.2 Å². The number of carboxylic acid groups (broad SMARTS) is 1. The van der Waals surface area contributed by atoms with E-state index in [0.717, 1.165) is 0 Å². The SMILES string of the molecule is COC(=O)c1nc(N)cn1C.COC(=O)c1nc(NC(=O)c2cc(NC(=O)OC(C)(C)C)cn2C)cn1C.Cn1cc(NC(=O)OC(C)(C)C)cc1C(=O)O. The summed E-state index contributed by atoms with van der Waals surface area (Å²) >= 11 is 0. The fraction of sp³-hybridized carbons (Fsp3) is 0.412. The standard InChI is InChI=1S/C17H23N5O5.C11H16N2O4.C6H9N3O2/c1-17(2,3)27-16(25)18-10-7-11(21(4)8-10)14(23)20-12-9-22(5)13(19-12)15(24)26-6;1-11(2,3)17-10(16)12-7-5-8(9(14)15)13(4)6-7;1-9-3-4(7)8-5(9)6(10)11-2/h7-9H,1-6H3,(H,18,25)(H,20,23);5-6H,1-4H3,(H,12,16)(H,14,15);3H,7H2,1-2H3. The van der Waals surface area contributed by atoms with Crippen LogP contribution in [0.2, 0.25) is 0 Å². The highest BCUT2D eigenvalue weighted by atomic mass is 16.6. The summed E-state index contributed by atoms with van der Waals surface area (Å²) in [6.45, 7) is 10.5. The molecule has 0 spiro atoms. The minimum atomic E-state index is -1.05. The van der Waals surface area contributed by atoms with Crippen molar-refractivity contribution in [1.29, 1.82) is 0 Å². The Kier molecular flexibility index (Phi) is 14.8. The quantitative estimate of drug-likeness (QED) is 0.131. The highest BCUT2D eigenvalue weighted by molar-refractivity contribution is 6.04. The topological polar surface area (TPSA) is 267 Å². The van der Waals surface area contributed by atoms with Crippen LogP contribution in [-0.4, -0.2) is 94.8 Å². The van der Waals surface area contributed by atoms with E-state index in [-0.39, 0.29) is 28.9 Å². The minimum Gasteiger partial charge on any atom is -0.477 e. The number of carbonyl (C=O) groups excluding carboxylic acids is 5. The molecule has 300 valence electrons. The zero-order chi connectivity index (χ0) is 42.0. The number of nitrogens with zero attached hydrogens (tertiary/aromatic N) is 6. The Labute approximate surface area is 316 Å². The molecule has 0 aliphatic rings.